The highest BCUT2D eigenvalue weighted by Crippen LogP contribution is 2.34. The number of rotatable bonds is 7. The standard InChI is InChI=1S/C16H24N4O4S2/c1-10(2)20-15(17-18-16(20)25)8-11-7-12(23-5)13(24-6)9-14(11)26(21,22)19(3)4/h7,9-10H,8H2,1-6H3,(H,18,25). The molecule has 0 unspecified atom stereocenters. The van der Waals surface area contributed by atoms with Crippen molar-refractivity contribution in [1.82, 2.24) is 19.1 Å². The number of aromatic amines is 1. The summed E-state index contributed by atoms with van der Waals surface area (Å²) in [6, 6.07) is 3.23. The van der Waals surface area contributed by atoms with Gasteiger partial charge in [0.25, 0.3) is 0 Å². The second kappa shape index (κ2) is 7.77. The molecule has 1 N–H and O–H groups in total. The monoisotopic (exact) mass is 400 g/mol. The smallest absolute Gasteiger partial charge is 0.242 e. The number of methoxy groups -OCH3 is 2. The zero-order chi connectivity index (χ0) is 19.6. The number of nitrogens with one attached hydrogen (secondary N) is 1. The molecule has 1 aromatic carbocycles. The number of hydrogen-bond donors (Lipinski definition) is 1. The van der Waals surface area contributed by atoms with Gasteiger partial charge in [0.05, 0.1) is 19.1 Å². The van der Waals surface area contributed by atoms with E-state index in [4.69, 9.17) is 21.7 Å². The predicted octanol–water partition coefficient (Wildman–Crippen LogP) is 2.38. The third-order valence-corrected chi connectivity index (χ3v) is 6.15. The van der Waals surface area contributed by atoms with Gasteiger partial charge in [0.1, 0.15) is 5.82 Å². The molecule has 0 fully saturated rings. The van der Waals surface area contributed by atoms with E-state index in [1.165, 1.54) is 34.4 Å². The molecule has 8 nitrogen and oxygen atoms in total. The molecule has 0 radical (unpaired) electrons. The number of sulfonamides is 1. The van der Waals surface area contributed by atoms with Gasteiger partial charge in [-0.3, -0.25) is 5.10 Å². The zero-order valence-electron chi connectivity index (χ0n) is 15.7. The lowest BCUT2D eigenvalue weighted by Crippen LogP contribution is -2.24. The maximum absolute atomic E-state index is 12.8. The first kappa shape index (κ1) is 20.4. The van der Waals surface area contributed by atoms with Crippen LogP contribution in [0.1, 0.15) is 31.3 Å². The number of ether oxygens (including phenoxy) is 2. The molecule has 0 aliphatic heterocycles. The molecule has 2 aromatic rings. The lowest BCUT2D eigenvalue weighted by Gasteiger charge is -2.18. The van der Waals surface area contributed by atoms with E-state index in [2.05, 4.69) is 10.2 Å². The van der Waals surface area contributed by atoms with Gasteiger partial charge in [-0.05, 0) is 37.7 Å². The third kappa shape index (κ3) is 3.76. The minimum Gasteiger partial charge on any atom is -0.493 e. The van der Waals surface area contributed by atoms with Crippen LogP contribution < -0.4 is 9.47 Å². The van der Waals surface area contributed by atoms with Crippen molar-refractivity contribution in [3.8, 4) is 11.5 Å². The highest BCUT2D eigenvalue weighted by molar-refractivity contribution is 7.89. The molecule has 0 saturated heterocycles. The summed E-state index contributed by atoms with van der Waals surface area (Å²) in [5, 5.41) is 7.03. The summed E-state index contributed by atoms with van der Waals surface area (Å²) in [6.07, 6.45) is 0.272. The fraction of sp³-hybridized carbons (Fsp3) is 0.500. The maximum atomic E-state index is 12.8. The van der Waals surface area contributed by atoms with Crippen LogP contribution >= 0.6 is 12.2 Å². The summed E-state index contributed by atoms with van der Waals surface area (Å²) < 4.78 is 39.7. The minimum absolute atomic E-state index is 0.0882. The second-order valence-electron chi connectivity index (χ2n) is 6.19. The van der Waals surface area contributed by atoms with Crippen molar-refractivity contribution in [3.05, 3.63) is 28.3 Å². The molecule has 0 aliphatic carbocycles. The van der Waals surface area contributed by atoms with Gasteiger partial charge in [-0.1, -0.05) is 0 Å². The molecule has 144 valence electrons. The molecular weight excluding hydrogens is 376 g/mol. The van der Waals surface area contributed by atoms with E-state index in [0.717, 1.165) is 4.31 Å². The highest BCUT2D eigenvalue weighted by Gasteiger charge is 2.25. The molecule has 2 rings (SSSR count). The van der Waals surface area contributed by atoms with Gasteiger partial charge in [0.2, 0.25) is 10.0 Å². The van der Waals surface area contributed by atoms with Crippen molar-refractivity contribution in [1.29, 1.82) is 0 Å². The van der Waals surface area contributed by atoms with Crippen LogP contribution in [-0.2, 0) is 16.4 Å². The van der Waals surface area contributed by atoms with E-state index in [1.54, 1.807) is 6.07 Å². The average molecular weight is 401 g/mol. The fourth-order valence-corrected chi connectivity index (χ4v) is 4.12. The Morgan fingerprint density at radius 2 is 1.81 bits per heavy atom. The van der Waals surface area contributed by atoms with E-state index in [9.17, 15) is 8.42 Å². The largest absolute Gasteiger partial charge is 0.493 e. The summed E-state index contributed by atoms with van der Waals surface area (Å²) in [6.45, 7) is 3.97. The molecule has 1 aromatic heterocycles. The van der Waals surface area contributed by atoms with Gasteiger partial charge in [0.15, 0.2) is 16.3 Å². The van der Waals surface area contributed by atoms with Gasteiger partial charge in [-0.25, -0.2) is 12.7 Å². The second-order valence-corrected chi connectivity index (χ2v) is 8.69. The maximum Gasteiger partial charge on any atom is 0.242 e. The Labute approximate surface area is 158 Å². The molecule has 0 spiro atoms. The molecule has 10 heteroatoms. The van der Waals surface area contributed by atoms with E-state index in [-0.39, 0.29) is 17.4 Å². The fourth-order valence-electron chi connectivity index (χ4n) is 2.64. The minimum atomic E-state index is -3.69. The summed E-state index contributed by atoms with van der Waals surface area (Å²) in [5.74, 6) is 1.44. The van der Waals surface area contributed by atoms with Crippen molar-refractivity contribution in [3.63, 3.8) is 0 Å². The lowest BCUT2D eigenvalue weighted by molar-refractivity contribution is 0.353. The van der Waals surface area contributed by atoms with E-state index in [1.807, 2.05) is 18.4 Å². The predicted molar refractivity (Wildman–Crippen MR) is 101 cm³/mol. The van der Waals surface area contributed by atoms with Crippen LogP contribution in [-0.4, -0.2) is 55.8 Å². The first-order valence-corrected chi connectivity index (χ1v) is 9.81. The van der Waals surface area contributed by atoms with Crippen LogP contribution in [0.4, 0.5) is 0 Å². The molecule has 0 aliphatic rings. The van der Waals surface area contributed by atoms with Gasteiger partial charge < -0.3 is 14.0 Å². The summed E-state index contributed by atoms with van der Waals surface area (Å²) in [4.78, 5) is 0.143. The van der Waals surface area contributed by atoms with Gasteiger partial charge in [-0.15, -0.1) is 0 Å². The Kier molecular flexibility index (Phi) is 6.09. The van der Waals surface area contributed by atoms with E-state index >= 15 is 0 Å². The third-order valence-electron chi connectivity index (χ3n) is 3.97. The van der Waals surface area contributed by atoms with Crippen LogP contribution in [0.25, 0.3) is 0 Å². The Morgan fingerprint density at radius 3 is 2.31 bits per heavy atom. The van der Waals surface area contributed by atoms with Crippen molar-refractivity contribution in [2.24, 2.45) is 0 Å². The van der Waals surface area contributed by atoms with Crippen molar-refractivity contribution in [2.75, 3.05) is 28.3 Å². The summed E-state index contributed by atoms with van der Waals surface area (Å²) in [5.41, 5.74) is 0.548. The topological polar surface area (TPSA) is 89.4 Å². The van der Waals surface area contributed by atoms with Gasteiger partial charge >= 0.3 is 0 Å². The van der Waals surface area contributed by atoms with E-state index in [0.29, 0.717) is 27.7 Å². The summed E-state index contributed by atoms with van der Waals surface area (Å²) >= 11 is 5.28. The van der Waals surface area contributed by atoms with Crippen LogP contribution in [0.3, 0.4) is 0 Å². The Morgan fingerprint density at radius 1 is 1.23 bits per heavy atom. The molecule has 1 heterocycles. The molecule has 0 saturated carbocycles. The van der Waals surface area contributed by atoms with Crippen LogP contribution in [0.15, 0.2) is 17.0 Å². The first-order valence-electron chi connectivity index (χ1n) is 7.96. The van der Waals surface area contributed by atoms with E-state index < -0.39 is 10.0 Å². The van der Waals surface area contributed by atoms with Crippen molar-refractivity contribution in [2.45, 2.75) is 31.2 Å². The quantitative estimate of drug-likeness (QED) is 0.718. The summed E-state index contributed by atoms with van der Waals surface area (Å²) in [7, 11) is 2.26. The molecule has 0 atom stereocenters. The van der Waals surface area contributed by atoms with Crippen LogP contribution in [0.2, 0.25) is 0 Å². The van der Waals surface area contributed by atoms with Crippen molar-refractivity contribution < 1.29 is 17.9 Å². The molecule has 26 heavy (non-hydrogen) atoms. The number of hydrogen-bond acceptors (Lipinski definition) is 6. The van der Waals surface area contributed by atoms with Gasteiger partial charge in [0, 0.05) is 32.6 Å². The van der Waals surface area contributed by atoms with Gasteiger partial charge in [-0.2, -0.15) is 5.10 Å². The zero-order valence-corrected chi connectivity index (χ0v) is 17.4. The highest BCUT2D eigenvalue weighted by atomic mass is 32.2. The Balaban J connectivity index is 2.69. The van der Waals surface area contributed by atoms with Crippen LogP contribution in [0.5, 0.6) is 11.5 Å². The number of aromatic nitrogens is 3. The first-order chi connectivity index (χ1) is 12.1. The number of H-pyrrole nitrogens is 1. The molecule has 0 amide bonds. The lowest BCUT2D eigenvalue weighted by atomic mass is 10.1. The molecule has 0 bridgehead atoms. The number of benzene rings is 1. The molecular formula is C16H24N4O4S2. The van der Waals surface area contributed by atoms with Crippen molar-refractivity contribution >= 4 is 22.2 Å². The average Bonchev–Trinajstić information content (AvgIpc) is 2.94. The Bertz CT molecular complexity index is 946. The SMILES string of the molecule is COc1cc(Cc2n[nH]c(=S)n2C(C)C)c(S(=O)(=O)N(C)C)cc1OC. The normalized spacial score (nSPS) is 12.0. The Hall–Kier alpha value is -1.91. The number of nitrogens with zero attached hydrogens (tertiary/aromatic N) is 3. The van der Waals surface area contributed by atoms with Crippen LogP contribution in [0, 0.1) is 4.77 Å².